The molecule has 31 heavy (non-hydrogen) atoms. The number of aryl methyl sites for hydroxylation is 3. The van der Waals surface area contributed by atoms with Crippen LogP contribution in [0.5, 0.6) is 0 Å². The number of hydrogen-bond acceptors (Lipinski definition) is 8. The molecule has 162 valence electrons. The van der Waals surface area contributed by atoms with E-state index in [-0.39, 0.29) is 23.6 Å². The topological polar surface area (TPSA) is 88.1 Å². The first-order chi connectivity index (χ1) is 14.8. The molecule has 1 saturated carbocycles. The molecule has 2 aromatic heterocycles. The fraction of sp³-hybridized carbons (Fsp3) is 0.381. The van der Waals surface area contributed by atoms with E-state index >= 15 is 0 Å². The van der Waals surface area contributed by atoms with Crippen molar-refractivity contribution in [2.24, 2.45) is 0 Å². The van der Waals surface area contributed by atoms with Gasteiger partial charge in [-0.1, -0.05) is 40.8 Å². The summed E-state index contributed by atoms with van der Waals surface area (Å²) >= 11 is 4.07. The summed E-state index contributed by atoms with van der Waals surface area (Å²) in [6.07, 6.45) is 2.00. The number of carbonyl (C=O) groups is 2. The number of thioether (sulfide) groups is 1. The number of thiazole rings is 1. The van der Waals surface area contributed by atoms with E-state index in [9.17, 15) is 9.59 Å². The van der Waals surface area contributed by atoms with E-state index in [0.29, 0.717) is 14.6 Å². The van der Waals surface area contributed by atoms with Gasteiger partial charge >= 0.3 is 0 Å². The van der Waals surface area contributed by atoms with Gasteiger partial charge in [-0.05, 0) is 44.7 Å². The molecule has 1 N–H and O–H groups in total. The summed E-state index contributed by atoms with van der Waals surface area (Å²) in [5, 5.41) is 14.3. The molecule has 0 radical (unpaired) electrons. The van der Waals surface area contributed by atoms with E-state index in [1.807, 2.05) is 5.38 Å². The van der Waals surface area contributed by atoms with Crippen molar-refractivity contribution in [2.45, 2.75) is 50.9 Å². The van der Waals surface area contributed by atoms with Crippen LogP contribution in [-0.4, -0.2) is 38.8 Å². The Labute approximate surface area is 193 Å². The number of amides is 2. The first-order valence-corrected chi connectivity index (χ1v) is 12.6. The minimum atomic E-state index is -0.148. The second-order valence-corrected chi connectivity index (χ2v) is 10.7. The summed E-state index contributed by atoms with van der Waals surface area (Å²) in [5.41, 5.74) is 5.57. The van der Waals surface area contributed by atoms with Crippen LogP contribution in [0, 0.1) is 20.8 Å². The van der Waals surface area contributed by atoms with E-state index < -0.39 is 0 Å². The van der Waals surface area contributed by atoms with Crippen molar-refractivity contribution in [2.75, 3.05) is 16.0 Å². The monoisotopic (exact) mass is 473 g/mol. The predicted molar refractivity (Wildman–Crippen MR) is 127 cm³/mol. The molecule has 0 spiro atoms. The molecule has 0 saturated heterocycles. The quantitative estimate of drug-likeness (QED) is 0.390. The van der Waals surface area contributed by atoms with Gasteiger partial charge in [0.05, 0.1) is 11.4 Å². The molecule has 0 bridgehead atoms. The summed E-state index contributed by atoms with van der Waals surface area (Å²) in [6.45, 7) is 7.78. The molecule has 2 amide bonds. The third kappa shape index (κ3) is 5.13. The average molecular weight is 474 g/mol. The number of carbonyl (C=O) groups excluding carboxylic acids is 2. The number of nitrogens with zero attached hydrogens (tertiary/aromatic N) is 4. The maximum Gasteiger partial charge on any atom is 0.236 e. The van der Waals surface area contributed by atoms with Gasteiger partial charge in [-0.15, -0.1) is 21.5 Å². The highest BCUT2D eigenvalue weighted by molar-refractivity contribution is 8.01. The standard InChI is InChI=1S/C21H23N5O2S3/c1-11-7-12(2)18(13(3)8-11)16-9-29-19(22-16)23-17(28)10-30-21-25-24-20(31-21)26(14(4)27)15-5-6-15/h7-9,15H,5-6,10H2,1-4H3,(H,22,23,28). The van der Waals surface area contributed by atoms with Gasteiger partial charge in [0.25, 0.3) is 0 Å². The highest BCUT2D eigenvalue weighted by atomic mass is 32.2. The lowest BCUT2D eigenvalue weighted by molar-refractivity contribution is -0.116. The summed E-state index contributed by atoms with van der Waals surface area (Å²) < 4.78 is 0.669. The molecule has 4 rings (SSSR count). The SMILES string of the molecule is CC(=O)N(c1nnc(SCC(=O)Nc2nc(-c3c(C)cc(C)cc3C)cs2)s1)C1CC1. The van der Waals surface area contributed by atoms with Crippen molar-refractivity contribution in [1.29, 1.82) is 0 Å². The zero-order valence-corrected chi connectivity index (χ0v) is 20.2. The molecule has 0 unspecified atom stereocenters. The van der Waals surface area contributed by atoms with Crippen LogP contribution in [0.1, 0.15) is 36.5 Å². The van der Waals surface area contributed by atoms with Gasteiger partial charge in [-0.2, -0.15) is 0 Å². The molecule has 0 atom stereocenters. The van der Waals surface area contributed by atoms with Gasteiger partial charge in [0.2, 0.25) is 16.9 Å². The lowest BCUT2D eigenvalue weighted by Gasteiger charge is -2.15. The maximum atomic E-state index is 12.4. The zero-order valence-electron chi connectivity index (χ0n) is 17.8. The molecular formula is C21H23N5O2S3. The maximum absolute atomic E-state index is 12.4. The summed E-state index contributed by atoms with van der Waals surface area (Å²) in [4.78, 5) is 30.6. The summed E-state index contributed by atoms with van der Waals surface area (Å²) in [6, 6.07) is 4.53. The normalized spacial score (nSPS) is 13.3. The highest BCUT2D eigenvalue weighted by Crippen LogP contribution is 2.36. The first kappa shape index (κ1) is 21.9. The molecule has 10 heteroatoms. The van der Waals surface area contributed by atoms with Gasteiger partial charge in [0.15, 0.2) is 9.47 Å². The average Bonchev–Trinajstić information content (AvgIpc) is 3.21. The van der Waals surface area contributed by atoms with Crippen LogP contribution in [0.15, 0.2) is 21.9 Å². The highest BCUT2D eigenvalue weighted by Gasteiger charge is 2.34. The molecule has 0 aliphatic heterocycles. The molecule has 1 aliphatic rings. The Morgan fingerprint density at radius 1 is 1.19 bits per heavy atom. The molecular weight excluding hydrogens is 450 g/mol. The Hall–Kier alpha value is -2.30. The molecule has 2 heterocycles. The Bertz CT molecular complexity index is 1110. The van der Waals surface area contributed by atoms with Crippen molar-refractivity contribution in [3.05, 3.63) is 34.2 Å². The van der Waals surface area contributed by atoms with E-state index in [1.54, 1.807) is 11.8 Å². The molecule has 7 nitrogen and oxygen atoms in total. The lowest BCUT2D eigenvalue weighted by atomic mass is 9.98. The fourth-order valence-electron chi connectivity index (χ4n) is 3.55. The lowest BCUT2D eigenvalue weighted by Crippen LogP contribution is -2.30. The van der Waals surface area contributed by atoms with Crippen molar-refractivity contribution < 1.29 is 9.59 Å². The minimum absolute atomic E-state index is 0.0217. The van der Waals surface area contributed by atoms with Crippen LogP contribution in [0.25, 0.3) is 11.3 Å². The number of rotatable bonds is 7. The smallest absolute Gasteiger partial charge is 0.236 e. The number of hydrogen-bond donors (Lipinski definition) is 1. The Morgan fingerprint density at radius 2 is 1.90 bits per heavy atom. The van der Waals surface area contributed by atoms with Crippen molar-refractivity contribution in [3.8, 4) is 11.3 Å². The van der Waals surface area contributed by atoms with Gasteiger partial charge in [0.1, 0.15) is 0 Å². The number of nitrogens with one attached hydrogen (secondary N) is 1. The van der Waals surface area contributed by atoms with Crippen molar-refractivity contribution in [1.82, 2.24) is 15.2 Å². The molecule has 3 aromatic rings. The Morgan fingerprint density at radius 3 is 2.55 bits per heavy atom. The number of anilines is 2. The fourth-order valence-corrected chi connectivity index (χ4v) is 6.03. The van der Waals surface area contributed by atoms with Crippen LogP contribution in [0.4, 0.5) is 10.3 Å². The number of aromatic nitrogens is 3. The number of benzene rings is 1. The van der Waals surface area contributed by atoms with Crippen LogP contribution in [0.3, 0.4) is 0 Å². The second kappa shape index (κ2) is 9.05. The third-order valence-corrected chi connectivity index (χ3v) is 7.68. The minimum Gasteiger partial charge on any atom is -0.301 e. The Balaban J connectivity index is 1.36. The van der Waals surface area contributed by atoms with Gasteiger partial charge < -0.3 is 5.32 Å². The second-order valence-electron chi connectivity index (χ2n) is 7.62. The Kier molecular flexibility index (Phi) is 6.40. The van der Waals surface area contributed by atoms with E-state index in [4.69, 9.17) is 0 Å². The third-order valence-electron chi connectivity index (χ3n) is 4.86. The largest absolute Gasteiger partial charge is 0.301 e. The predicted octanol–water partition coefficient (Wildman–Crippen LogP) is 4.83. The first-order valence-electron chi connectivity index (χ1n) is 9.91. The van der Waals surface area contributed by atoms with E-state index in [0.717, 1.165) is 24.1 Å². The molecule has 1 fully saturated rings. The van der Waals surface area contributed by atoms with E-state index in [1.165, 1.54) is 51.1 Å². The van der Waals surface area contributed by atoms with Crippen LogP contribution in [-0.2, 0) is 9.59 Å². The molecule has 1 aromatic carbocycles. The zero-order chi connectivity index (χ0) is 22.1. The van der Waals surface area contributed by atoms with Crippen LogP contribution in [0.2, 0.25) is 0 Å². The van der Waals surface area contributed by atoms with Crippen LogP contribution < -0.4 is 10.2 Å². The van der Waals surface area contributed by atoms with Crippen molar-refractivity contribution in [3.63, 3.8) is 0 Å². The summed E-state index contributed by atoms with van der Waals surface area (Å²) in [5.74, 6) is 0.0347. The van der Waals surface area contributed by atoms with Gasteiger partial charge in [-0.3, -0.25) is 14.5 Å². The van der Waals surface area contributed by atoms with Crippen LogP contribution >= 0.6 is 34.4 Å². The van der Waals surface area contributed by atoms with E-state index in [2.05, 4.69) is 53.4 Å². The van der Waals surface area contributed by atoms with Gasteiger partial charge in [-0.25, -0.2) is 4.98 Å². The van der Waals surface area contributed by atoms with Crippen molar-refractivity contribution >= 4 is 56.5 Å². The molecule has 1 aliphatic carbocycles. The summed E-state index contributed by atoms with van der Waals surface area (Å²) in [7, 11) is 0. The van der Waals surface area contributed by atoms with Gasteiger partial charge in [0, 0.05) is 23.9 Å².